The molecule has 1 aliphatic rings. The number of carbonyl (C=O) groups is 1. The van der Waals surface area contributed by atoms with Gasteiger partial charge in [-0.1, -0.05) is 24.3 Å². The van der Waals surface area contributed by atoms with Gasteiger partial charge < -0.3 is 14.7 Å². The number of β-amino-alcohol motifs (C(OH)–C–C–N with tert-alkyl or cyclic N) is 1. The number of benzene rings is 2. The van der Waals surface area contributed by atoms with Crippen molar-refractivity contribution in [1.29, 1.82) is 0 Å². The molecule has 1 fully saturated rings. The lowest BCUT2D eigenvalue weighted by Crippen LogP contribution is -2.29. The molecule has 162 valence electrons. The third-order valence-corrected chi connectivity index (χ3v) is 4.99. The molecule has 1 atom stereocenters. The number of hydrogen-bond acceptors (Lipinski definition) is 4. The van der Waals surface area contributed by atoms with E-state index in [0.717, 1.165) is 5.56 Å². The van der Waals surface area contributed by atoms with E-state index in [-0.39, 0.29) is 23.9 Å². The molecule has 0 spiro atoms. The van der Waals surface area contributed by atoms with Crippen LogP contribution in [-0.2, 0) is 0 Å². The Morgan fingerprint density at radius 2 is 1.94 bits per heavy atom. The molecule has 1 aliphatic heterocycles. The topological polar surface area (TPSA) is 67.6 Å². The molecule has 1 N–H and O–H groups in total. The second kappa shape index (κ2) is 8.07. The summed E-state index contributed by atoms with van der Waals surface area (Å²) in [7, 11) is 0. The Bertz CT molecular complexity index is 1110. The Hall–Kier alpha value is -3.33. The normalized spacial score (nSPS) is 16.5. The number of likely N-dealkylation sites (tertiary alicyclic amines) is 1. The number of aliphatic hydroxyl groups excluding tert-OH is 1. The van der Waals surface area contributed by atoms with E-state index in [9.17, 15) is 23.1 Å². The fourth-order valence-corrected chi connectivity index (χ4v) is 3.59. The number of ether oxygens (including phenoxy) is 1. The van der Waals surface area contributed by atoms with E-state index in [4.69, 9.17) is 0 Å². The highest BCUT2D eigenvalue weighted by molar-refractivity contribution is 5.94. The quantitative estimate of drug-likeness (QED) is 0.679. The van der Waals surface area contributed by atoms with Gasteiger partial charge in [0.15, 0.2) is 5.69 Å². The minimum Gasteiger partial charge on any atom is -0.406 e. The van der Waals surface area contributed by atoms with Crippen molar-refractivity contribution in [2.75, 3.05) is 13.1 Å². The van der Waals surface area contributed by atoms with Gasteiger partial charge >= 0.3 is 6.36 Å². The van der Waals surface area contributed by atoms with Gasteiger partial charge in [0.05, 0.1) is 17.5 Å². The summed E-state index contributed by atoms with van der Waals surface area (Å²) < 4.78 is 43.6. The van der Waals surface area contributed by atoms with Crippen molar-refractivity contribution in [3.05, 3.63) is 65.9 Å². The Kier molecular flexibility index (Phi) is 5.45. The van der Waals surface area contributed by atoms with Crippen LogP contribution in [0, 0.1) is 6.92 Å². The van der Waals surface area contributed by atoms with E-state index in [1.54, 1.807) is 18.2 Å². The van der Waals surface area contributed by atoms with Gasteiger partial charge in [0, 0.05) is 18.7 Å². The number of hydrogen-bond donors (Lipinski definition) is 1. The molecule has 6 nitrogen and oxygen atoms in total. The van der Waals surface area contributed by atoms with Crippen LogP contribution in [0.1, 0.15) is 22.5 Å². The summed E-state index contributed by atoms with van der Waals surface area (Å²) in [4.78, 5) is 14.4. The monoisotopic (exact) mass is 431 g/mol. The summed E-state index contributed by atoms with van der Waals surface area (Å²) in [6.45, 7) is 2.55. The lowest BCUT2D eigenvalue weighted by atomic mass is 10.1. The Labute approximate surface area is 176 Å². The summed E-state index contributed by atoms with van der Waals surface area (Å²) in [5, 5.41) is 14.2. The molecule has 2 aromatic carbocycles. The van der Waals surface area contributed by atoms with Crippen LogP contribution < -0.4 is 4.74 Å². The van der Waals surface area contributed by atoms with Crippen LogP contribution in [0.3, 0.4) is 0 Å². The van der Waals surface area contributed by atoms with E-state index in [1.807, 2.05) is 25.1 Å². The maximum absolute atomic E-state index is 12.9. The molecule has 0 aliphatic carbocycles. The van der Waals surface area contributed by atoms with E-state index in [2.05, 4.69) is 9.84 Å². The largest absolute Gasteiger partial charge is 0.573 e. The Morgan fingerprint density at radius 3 is 2.61 bits per heavy atom. The molecule has 0 radical (unpaired) electrons. The molecule has 31 heavy (non-hydrogen) atoms. The fourth-order valence-electron chi connectivity index (χ4n) is 3.59. The zero-order valence-corrected chi connectivity index (χ0v) is 16.6. The molecule has 1 aromatic heterocycles. The third kappa shape index (κ3) is 4.72. The lowest BCUT2D eigenvalue weighted by molar-refractivity contribution is -0.274. The minimum absolute atomic E-state index is 0.146. The average Bonchev–Trinajstić information content (AvgIpc) is 3.33. The molecule has 4 rings (SSSR count). The van der Waals surface area contributed by atoms with Crippen molar-refractivity contribution in [1.82, 2.24) is 14.7 Å². The number of halogens is 3. The summed E-state index contributed by atoms with van der Waals surface area (Å²) in [5.41, 5.74) is 2.63. The predicted molar refractivity (Wildman–Crippen MR) is 107 cm³/mol. The van der Waals surface area contributed by atoms with Gasteiger partial charge in [0.2, 0.25) is 0 Å². The first kappa shape index (κ1) is 20.9. The van der Waals surface area contributed by atoms with Crippen LogP contribution in [0.2, 0.25) is 0 Å². The van der Waals surface area contributed by atoms with Crippen LogP contribution in [0.4, 0.5) is 13.2 Å². The van der Waals surface area contributed by atoms with Crippen molar-refractivity contribution < 1.29 is 27.8 Å². The van der Waals surface area contributed by atoms with Gasteiger partial charge in [-0.3, -0.25) is 4.79 Å². The predicted octanol–water partition coefficient (Wildman–Crippen LogP) is 3.95. The molecule has 1 saturated heterocycles. The van der Waals surface area contributed by atoms with Gasteiger partial charge in [-0.15, -0.1) is 13.2 Å². The second-order valence-electron chi connectivity index (χ2n) is 7.43. The molecular formula is C22H20F3N3O3. The molecule has 0 saturated carbocycles. The molecule has 9 heteroatoms. The summed E-state index contributed by atoms with van der Waals surface area (Å²) in [6, 6.07) is 14.5. The molecule has 3 aromatic rings. The SMILES string of the molecule is Cc1cccc(-n2nc(C(=O)N3CC[C@@H](O)C3)cc2-c2cccc(OC(F)(F)F)c2)c1. The van der Waals surface area contributed by atoms with Gasteiger partial charge in [0.25, 0.3) is 5.91 Å². The van der Waals surface area contributed by atoms with Gasteiger partial charge in [-0.2, -0.15) is 5.10 Å². The van der Waals surface area contributed by atoms with E-state index >= 15 is 0 Å². The van der Waals surface area contributed by atoms with Gasteiger partial charge in [-0.25, -0.2) is 4.68 Å². The van der Waals surface area contributed by atoms with Crippen molar-refractivity contribution in [2.45, 2.75) is 25.8 Å². The third-order valence-electron chi connectivity index (χ3n) is 4.99. The number of aliphatic hydroxyl groups is 1. The smallest absolute Gasteiger partial charge is 0.406 e. The number of alkyl halides is 3. The van der Waals surface area contributed by atoms with Gasteiger partial charge in [-0.05, 0) is 49.2 Å². The second-order valence-corrected chi connectivity index (χ2v) is 7.43. The Morgan fingerprint density at radius 1 is 1.16 bits per heavy atom. The standard InChI is InChI=1S/C22H20F3N3O3/c1-14-4-2-6-16(10-14)28-20(15-5-3-7-18(11-15)31-22(23,24)25)12-19(26-28)21(30)27-9-8-17(29)13-27/h2-7,10-12,17,29H,8-9,13H2,1H3/t17-/m1/s1. The van der Waals surface area contributed by atoms with Gasteiger partial charge in [0.1, 0.15) is 5.75 Å². The number of aromatic nitrogens is 2. The Balaban J connectivity index is 1.78. The highest BCUT2D eigenvalue weighted by atomic mass is 19.4. The van der Waals surface area contributed by atoms with Crippen LogP contribution in [0.5, 0.6) is 5.75 Å². The molecule has 0 unspecified atom stereocenters. The zero-order valence-electron chi connectivity index (χ0n) is 16.6. The van der Waals surface area contributed by atoms with E-state index in [1.165, 1.54) is 27.8 Å². The van der Waals surface area contributed by atoms with Crippen molar-refractivity contribution in [2.24, 2.45) is 0 Å². The number of nitrogens with zero attached hydrogens (tertiary/aromatic N) is 3. The van der Waals surface area contributed by atoms with Crippen LogP contribution in [0.25, 0.3) is 16.9 Å². The number of carbonyl (C=O) groups excluding carboxylic acids is 1. The number of aryl methyl sites for hydroxylation is 1. The van der Waals surface area contributed by atoms with Crippen molar-refractivity contribution in [3.63, 3.8) is 0 Å². The average molecular weight is 431 g/mol. The van der Waals surface area contributed by atoms with Crippen LogP contribution in [0.15, 0.2) is 54.6 Å². The summed E-state index contributed by atoms with van der Waals surface area (Å²) in [5.74, 6) is -0.704. The van der Waals surface area contributed by atoms with E-state index < -0.39 is 12.5 Å². The summed E-state index contributed by atoms with van der Waals surface area (Å²) in [6.07, 6.45) is -4.89. The van der Waals surface area contributed by atoms with Crippen molar-refractivity contribution in [3.8, 4) is 22.7 Å². The summed E-state index contributed by atoms with van der Waals surface area (Å²) >= 11 is 0. The van der Waals surface area contributed by atoms with Crippen LogP contribution in [-0.4, -0.2) is 51.2 Å². The molecular weight excluding hydrogens is 411 g/mol. The van der Waals surface area contributed by atoms with E-state index in [0.29, 0.717) is 29.9 Å². The highest BCUT2D eigenvalue weighted by Gasteiger charge is 2.31. The lowest BCUT2D eigenvalue weighted by Gasteiger charge is -2.13. The molecule has 2 heterocycles. The first-order valence-electron chi connectivity index (χ1n) is 9.70. The molecule has 0 bridgehead atoms. The minimum atomic E-state index is -4.81. The maximum Gasteiger partial charge on any atom is 0.573 e. The number of rotatable bonds is 4. The maximum atomic E-state index is 12.9. The first-order valence-corrected chi connectivity index (χ1v) is 9.70. The fraction of sp³-hybridized carbons (Fsp3) is 0.273. The number of amides is 1. The first-order chi connectivity index (χ1) is 14.7. The van der Waals surface area contributed by atoms with Crippen LogP contribution >= 0.6 is 0 Å². The molecule has 1 amide bonds. The zero-order chi connectivity index (χ0) is 22.2. The van der Waals surface area contributed by atoms with Crippen molar-refractivity contribution >= 4 is 5.91 Å². The highest BCUT2D eigenvalue weighted by Crippen LogP contribution is 2.30.